The van der Waals surface area contributed by atoms with Crippen molar-refractivity contribution in [2.24, 2.45) is 0 Å². The fourth-order valence-corrected chi connectivity index (χ4v) is 2.32. The number of halogens is 3. The van der Waals surface area contributed by atoms with Crippen LogP contribution in [0.15, 0.2) is 40.9 Å². The van der Waals surface area contributed by atoms with E-state index in [9.17, 15) is 8.78 Å². The average Bonchev–Trinajstić information content (AvgIpc) is 2.38. The summed E-state index contributed by atoms with van der Waals surface area (Å²) < 4.78 is 27.9. The molecule has 0 heterocycles. The van der Waals surface area contributed by atoms with Crippen molar-refractivity contribution in [2.75, 3.05) is 7.05 Å². The summed E-state index contributed by atoms with van der Waals surface area (Å²) in [5, 5.41) is 3.03. The molecule has 19 heavy (non-hydrogen) atoms. The zero-order valence-corrected chi connectivity index (χ0v) is 12.3. The highest BCUT2D eigenvalue weighted by atomic mass is 79.9. The van der Waals surface area contributed by atoms with Gasteiger partial charge in [-0.3, -0.25) is 0 Å². The predicted octanol–water partition coefficient (Wildman–Crippen LogP) is 4.34. The quantitative estimate of drug-likeness (QED) is 0.884. The van der Waals surface area contributed by atoms with E-state index in [2.05, 4.69) is 21.2 Å². The Morgan fingerprint density at radius 1 is 1.05 bits per heavy atom. The second kappa shape index (κ2) is 5.80. The van der Waals surface area contributed by atoms with Gasteiger partial charge in [-0.05, 0) is 53.7 Å². The maximum Gasteiger partial charge on any atom is 0.137 e. The van der Waals surface area contributed by atoms with E-state index in [1.807, 2.05) is 6.92 Å². The highest BCUT2D eigenvalue weighted by molar-refractivity contribution is 9.10. The fraction of sp³-hybridized carbons (Fsp3) is 0.200. The average molecular weight is 326 g/mol. The highest BCUT2D eigenvalue weighted by Crippen LogP contribution is 2.27. The minimum absolute atomic E-state index is 0.298. The molecule has 0 bridgehead atoms. The molecule has 0 radical (unpaired) electrons. The Morgan fingerprint density at radius 3 is 2.42 bits per heavy atom. The summed E-state index contributed by atoms with van der Waals surface area (Å²) in [7, 11) is 1.73. The van der Waals surface area contributed by atoms with E-state index in [1.54, 1.807) is 31.3 Å². The van der Waals surface area contributed by atoms with Gasteiger partial charge in [-0.15, -0.1) is 0 Å². The summed E-state index contributed by atoms with van der Waals surface area (Å²) in [6.07, 6.45) is 0. The van der Waals surface area contributed by atoms with Gasteiger partial charge in [-0.2, -0.15) is 0 Å². The molecule has 4 heteroatoms. The molecule has 0 aliphatic carbocycles. The van der Waals surface area contributed by atoms with E-state index >= 15 is 0 Å². The van der Waals surface area contributed by atoms with Gasteiger partial charge in [-0.25, -0.2) is 8.78 Å². The summed E-state index contributed by atoms with van der Waals surface area (Å²) >= 11 is 3.11. The van der Waals surface area contributed by atoms with E-state index in [4.69, 9.17) is 0 Å². The number of benzene rings is 2. The molecule has 1 nitrogen and oxygen atoms in total. The van der Waals surface area contributed by atoms with Crippen LogP contribution in [0.3, 0.4) is 0 Å². The number of hydrogen-bond donors (Lipinski definition) is 1. The van der Waals surface area contributed by atoms with Gasteiger partial charge in [0.2, 0.25) is 0 Å². The van der Waals surface area contributed by atoms with Gasteiger partial charge in [0.05, 0.1) is 10.5 Å². The molecule has 0 spiro atoms. The van der Waals surface area contributed by atoms with E-state index in [0.29, 0.717) is 15.6 Å². The van der Waals surface area contributed by atoms with Crippen molar-refractivity contribution in [3.05, 3.63) is 69.2 Å². The molecule has 0 aliphatic heterocycles. The molecule has 0 aromatic heterocycles. The Labute approximate surface area is 119 Å². The van der Waals surface area contributed by atoms with Gasteiger partial charge in [0.15, 0.2) is 0 Å². The molecule has 2 aromatic rings. The molecule has 1 atom stereocenters. The zero-order chi connectivity index (χ0) is 14.0. The zero-order valence-electron chi connectivity index (χ0n) is 10.7. The largest absolute Gasteiger partial charge is 0.309 e. The monoisotopic (exact) mass is 325 g/mol. The van der Waals surface area contributed by atoms with Crippen molar-refractivity contribution in [1.29, 1.82) is 0 Å². The van der Waals surface area contributed by atoms with Crippen LogP contribution in [-0.4, -0.2) is 7.05 Å². The molecule has 0 amide bonds. The maximum absolute atomic E-state index is 13.9. The van der Waals surface area contributed by atoms with Crippen molar-refractivity contribution < 1.29 is 8.78 Å². The molecular formula is C15H14BrF2N. The molecule has 0 fully saturated rings. The number of rotatable bonds is 3. The van der Waals surface area contributed by atoms with Crippen LogP contribution >= 0.6 is 15.9 Å². The van der Waals surface area contributed by atoms with Crippen LogP contribution in [0, 0.1) is 18.6 Å². The summed E-state index contributed by atoms with van der Waals surface area (Å²) in [6.45, 7) is 1.90. The standard InChI is InChI=1S/C15H14BrF2N/c1-9-3-6-13(17)11(7-9)15(19-2)10-4-5-12(16)14(18)8-10/h3-8,15,19H,1-2H3. The number of hydrogen-bond acceptors (Lipinski definition) is 1. The van der Waals surface area contributed by atoms with Gasteiger partial charge in [0, 0.05) is 5.56 Å². The van der Waals surface area contributed by atoms with Crippen LogP contribution in [0.5, 0.6) is 0 Å². The van der Waals surface area contributed by atoms with Gasteiger partial charge in [-0.1, -0.05) is 23.8 Å². The molecule has 100 valence electrons. The Hall–Kier alpha value is -1.26. The number of nitrogens with one attached hydrogen (secondary N) is 1. The maximum atomic E-state index is 13.9. The summed E-state index contributed by atoms with van der Waals surface area (Å²) in [5.74, 6) is -0.654. The first-order chi connectivity index (χ1) is 9.02. The Bertz CT molecular complexity index is 599. The molecule has 0 saturated carbocycles. The lowest BCUT2D eigenvalue weighted by atomic mass is 9.97. The summed E-state index contributed by atoms with van der Waals surface area (Å²) in [6, 6.07) is 9.36. The molecule has 0 aliphatic rings. The lowest BCUT2D eigenvalue weighted by Gasteiger charge is -2.19. The van der Waals surface area contributed by atoms with Crippen LogP contribution in [0.1, 0.15) is 22.7 Å². The molecule has 0 saturated heterocycles. The van der Waals surface area contributed by atoms with Crippen molar-refractivity contribution in [3.63, 3.8) is 0 Å². The van der Waals surface area contributed by atoms with Crippen molar-refractivity contribution in [1.82, 2.24) is 5.32 Å². The van der Waals surface area contributed by atoms with Crippen LogP contribution in [0.2, 0.25) is 0 Å². The third-order valence-electron chi connectivity index (χ3n) is 3.03. The van der Waals surface area contributed by atoms with Crippen LogP contribution in [-0.2, 0) is 0 Å². The van der Waals surface area contributed by atoms with Gasteiger partial charge in [0.25, 0.3) is 0 Å². The van der Waals surface area contributed by atoms with Crippen molar-refractivity contribution in [3.8, 4) is 0 Å². The highest BCUT2D eigenvalue weighted by Gasteiger charge is 2.17. The molecule has 1 unspecified atom stereocenters. The Balaban J connectivity index is 2.49. The Kier molecular flexibility index (Phi) is 4.32. The topological polar surface area (TPSA) is 12.0 Å². The molecule has 2 rings (SSSR count). The molecule has 1 N–H and O–H groups in total. The lowest BCUT2D eigenvalue weighted by Crippen LogP contribution is -2.19. The minimum Gasteiger partial charge on any atom is -0.309 e. The molecule has 2 aromatic carbocycles. The predicted molar refractivity (Wildman–Crippen MR) is 76.1 cm³/mol. The first-order valence-corrected chi connectivity index (χ1v) is 6.70. The summed E-state index contributed by atoms with van der Waals surface area (Å²) in [4.78, 5) is 0. The second-order valence-electron chi connectivity index (χ2n) is 4.42. The number of aryl methyl sites for hydroxylation is 1. The SMILES string of the molecule is CNC(c1ccc(Br)c(F)c1)c1cc(C)ccc1F. The van der Waals surface area contributed by atoms with E-state index in [0.717, 1.165) is 5.56 Å². The van der Waals surface area contributed by atoms with Crippen molar-refractivity contribution >= 4 is 15.9 Å². The smallest absolute Gasteiger partial charge is 0.137 e. The van der Waals surface area contributed by atoms with Crippen LogP contribution in [0.4, 0.5) is 8.78 Å². The first kappa shape index (κ1) is 14.2. The van der Waals surface area contributed by atoms with Crippen LogP contribution < -0.4 is 5.32 Å². The minimum atomic E-state index is -0.373. The molecular weight excluding hydrogens is 312 g/mol. The van der Waals surface area contributed by atoms with E-state index < -0.39 is 0 Å². The fourth-order valence-electron chi connectivity index (χ4n) is 2.08. The normalized spacial score (nSPS) is 12.5. The van der Waals surface area contributed by atoms with Crippen LogP contribution in [0.25, 0.3) is 0 Å². The lowest BCUT2D eigenvalue weighted by molar-refractivity contribution is 0.570. The van der Waals surface area contributed by atoms with Crippen molar-refractivity contribution in [2.45, 2.75) is 13.0 Å². The summed E-state index contributed by atoms with van der Waals surface area (Å²) in [5.41, 5.74) is 2.17. The first-order valence-electron chi connectivity index (χ1n) is 5.91. The Morgan fingerprint density at radius 2 is 1.79 bits per heavy atom. The van der Waals surface area contributed by atoms with Gasteiger partial charge < -0.3 is 5.32 Å². The van der Waals surface area contributed by atoms with E-state index in [-0.39, 0.29) is 17.7 Å². The second-order valence-corrected chi connectivity index (χ2v) is 5.27. The third-order valence-corrected chi connectivity index (χ3v) is 3.67. The van der Waals surface area contributed by atoms with Gasteiger partial charge >= 0.3 is 0 Å². The van der Waals surface area contributed by atoms with Gasteiger partial charge in [0.1, 0.15) is 11.6 Å². The van der Waals surface area contributed by atoms with E-state index in [1.165, 1.54) is 12.1 Å². The third kappa shape index (κ3) is 3.01.